The molecule has 4 rings (SSSR count). The van der Waals surface area contributed by atoms with Gasteiger partial charge in [0.1, 0.15) is 5.75 Å². The van der Waals surface area contributed by atoms with Gasteiger partial charge in [-0.3, -0.25) is 4.98 Å². The van der Waals surface area contributed by atoms with Crippen molar-refractivity contribution in [3.05, 3.63) is 95.3 Å². The van der Waals surface area contributed by atoms with Crippen molar-refractivity contribution in [2.45, 2.75) is 43.4 Å². The highest BCUT2D eigenvalue weighted by atomic mass is 32.2. The van der Waals surface area contributed by atoms with Gasteiger partial charge in [-0.2, -0.15) is 8.61 Å². The number of nitrogens with zero attached hydrogens (tertiary/aromatic N) is 3. The second-order valence-electron chi connectivity index (χ2n) is 9.77. The Morgan fingerprint density at radius 1 is 0.769 bits per heavy atom. The van der Waals surface area contributed by atoms with Gasteiger partial charge in [-0.1, -0.05) is 42.0 Å². The number of ether oxygens (including phenoxy) is 1. The van der Waals surface area contributed by atoms with E-state index in [1.54, 1.807) is 48.5 Å². The Morgan fingerprint density at radius 3 is 1.56 bits per heavy atom. The zero-order chi connectivity index (χ0) is 28.2. The average Bonchev–Trinajstić information content (AvgIpc) is 2.89. The van der Waals surface area contributed by atoms with E-state index < -0.39 is 20.0 Å². The maximum atomic E-state index is 13.7. The summed E-state index contributed by atoms with van der Waals surface area (Å²) in [6, 6.07) is 17.0. The fourth-order valence-corrected chi connectivity index (χ4v) is 7.36. The molecule has 8 nitrogen and oxygen atoms in total. The molecular weight excluding hydrogens is 534 g/mol. The third-order valence-corrected chi connectivity index (χ3v) is 10.3. The van der Waals surface area contributed by atoms with Gasteiger partial charge >= 0.3 is 0 Å². The number of aryl methyl sites for hydroxylation is 2. The summed E-state index contributed by atoms with van der Waals surface area (Å²) in [5.41, 5.74) is 3.74. The molecule has 1 aliphatic heterocycles. The lowest BCUT2D eigenvalue weighted by Gasteiger charge is -2.28. The number of rotatable bonds is 6. The summed E-state index contributed by atoms with van der Waals surface area (Å²) in [5.74, 6) is 0.625. The van der Waals surface area contributed by atoms with Gasteiger partial charge in [0.15, 0.2) is 0 Å². The predicted octanol–water partition coefficient (Wildman–Crippen LogP) is 4.13. The van der Waals surface area contributed by atoms with Crippen molar-refractivity contribution in [1.82, 2.24) is 13.6 Å². The summed E-state index contributed by atoms with van der Waals surface area (Å²) in [6.07, 6.45) is 0.745. The number of hydrogen-bond acceptors (Lipinski definition) is 6. The van der Waals surface area contributed by atoms with Crippen molar-refractivity contribution >= 4 is 20.0 Å². The highest BCUT2D eigenvalue weighted by Gasteiger charge is 2.29. The van der Waals surface area contributed by atoms with Gasteiger partial charge in [-0.25, -0.2) is 16.8 Å². The molecule has 1 aromatic heterocycles. The van der Waals surface area contributed by atoms with Crippen LogP contribution in [-0.2, 0) is 32.9 Å². The van der Waals surface area contributed by atoms with Crippen LogP contribution in [0.15, 0.2) is 82.6 Å². The van der Waals surface area contributed by atoms with E-state index >= 15 is 0 Å². The summed E-state index contributed by atoms with van der Waals surface area (Å²) in [5, 5.41) is 0. The Balaban J connectivity index is 1.75. The Morgan fingerprint density at radius 2 is 1.18 bits per heavy atom. The Hall–Kier alpha value is -3.05. The smallest absolute Gasteiger partial charge is 0.243 e. The fraction of sp³-hybridized carbons (Fsp3) is 0.345. The molecule has 208 valence electrons. The van der Waals surface area contributed by atoms with E-state index in [0.717, 1.165) is 11.1 Å². The molecule has 0 atom stereocenters. The first-order valence-corrected chi connectivity index (χ1v) is 15.8. The quantitative estimate of drug-likeness (QED) is 0.414. The molecule has 0 N–H and O–H groups in total. The van der Waals surface area contributed by atoms with Crippen molar-refractivity contribution in [3.8, 4) is 5.75 Å². The van der Waals surface area contributed by atoms with Gasteiger partial charge in [0.05, 0.1) is 16.4 Å². The van der Waals surface area contributed by atoms with Crippen molar-refractivity contribution in [3.63, 3.8) is 0 Å². The molecule has 1 aliphatic rings. The number of hydrogen-bond donors (Lipinski definition) is 0. The molecule has 0 amide bonds. The van der Waals surface area contributed by atoms with Crippen LogP contribution in [0, 0.1) is 13.8 Å². The van der Waals surface area contributed by atoms with Crippen LogP contribution in [0.1, 0.15) is 29.4 Å². The minimum absolute atomic E-state index is 0.0197. The molecule has 10 heteroatoms. The van der Waals surface area contributed by atoms with Crippen LogP contribution in [0.25, 0.3) is 0 Å². The van der Waals surface area contributed by atoms with Crippen LogP contribution in [0.2, 0.25) is 0 Å². The molecule has 3 aromatic rings. The van der Waals surface area contributed by atoms with Crippen LogP contribution in [0.3, 0.4) is 0 Å². The third kappa shape index (κ3) is 6.94. The highest BCUT2D eigenvalue weighted by Crippen LogP contribution is 2.24. The summed E-state index contributed by atoms with van der Waals surface area (Å²) in [7, 11) is -7.76. The SMILES string of the molecule is C=C1CN(S(=O)(=O)c2ccc(C)cc2)CCc2cc(OCC)cc(n2)CCN(S(=O)(=O)c2ccc(C)cc2)C1. The first-order valence-electron chi connectivity index (χ1n) is 12.9. The summed E-state index contributed by atoms with van der Waals surface area (Å²) >= 11 is 0. The predicted molar refractivity (Wildman–Crippen MR) is 152 cm³/mol. The first-order chi connectivity index (χ1) is 18.5. The summed E-state index contributed by atoms with van der Waals surface area (Å²) in [6.45, 7) is 10.5. The largest absolute Gasteiger partial charge is 0.494 e. The number of fused-ring (bicyclic) bond motifs is 2. The topological polar surface area (TPSA) is 96.9 Å². The molecule has 2 bridgehead atoms. The molecule has 0 spiro atoms. The van der Waals surface area contributed by atoms with E-state index in [-0.39, 0.29) is 36.0 Å². The molecule has 2 heterocycles. The lowest BCUT2D eigenvalue weighted by molar-refractivity contribution is 0.338. The van der Waals surface area contributed by atoms with Crippen LogP contribution < -0.4 is 4.74 Å². The number of pyridine rings is 1. The van der Waals surface area contributed by atoms with Crippen molar-refractivity contribution in [2.24, 2.45) is 0 Å². The lowest BCUT2D eigenvalue weighted by atomic mass is 10.2. The van der Waals surface area contributed by atoms with Crippen molar-refractivity contribution in [1.29, 1.82) is 0 Å². The zero-order valence-corrected chi connectivity index (χ0v) is 24.3. The molecule has 0 radical (unpaired) electrons. The molecule has 0 saturated heterocycles. The molecule has 0 aliphatic carbocycles. The first kappa shape index (κ1) is 28.9. The molecule has 2 aromatic carbocycles. The van der Waals surface area contributed by atoms with Crippen molar-refractivity contribution < 1.29 is 21.6 Å². The second kappa shape index (κ2) is 12.0. The molecule has 0 fully saturated rings. The molecule has 39 heavy (non-hydrogen) atoms. The van der Waals surface area contributed by atoms with Gasteiger partial charge < -0.3 is 4.74 Å². The number of sulfonamides is 2. The van der Waals surface area contributed by atoms with E-state index in [0.29, 0.717) is 42.2 Å². The van der Waals surface area contributed by atoms with E-state index in [2.05, 4.69) is 6.58 Å². The van der Waals surface area contributed by atoms with E-state index in [4.69, 9.17) is 9.72 Å². The van der Waals surface area contributed by atoms with Gasteiger partial charge in [0, 0.05) is 62.5 Å². The fourth-order valence-electron chi connectivity index (χ4n) is 4.44. The lowest BCUT2D eigenvalue weighted by Crippen LogP contribution is -2.40. The Labute approximate surface area is 232 Å². The second-order valence-corrected chi connectivity index (χ2v) is 13.6. The van der Waals surface area contributed by atoms with Crippen LogP contribution in [-0.4, -0.2) is 63.2 Å². The van der Waals surface area contributed by atoms with Crippen LogP contribution >= 0.6 is 0 Å². The maximum absolute atomic E-state index is 13.7. The normalized spacial score (nSPS) is 16.3. The van der Waals surface area contributed by atoms with Gasteiger partial charge in [-0.05, 0) is 50.6 Å². The molecular formula is C29H35N3O5S2. The van der Waals surface area contributed by atoms with Gasteiger partial charge in [-0.15, -0.1) is 0 Å². The minimum Gasteiger partial charge on any atom is -0.494 e. The Bertz CT molecular complexity index is 1420. The average molecular weight is 570 g/mol. The van der Waals surface area contributed by atoms with Gasteiger partial charge in [0.25, 0.3) is 0 Å². The van der Waals surface area contributed by atoms with Crippen LogP contribution in [0.5, 0.6) is 5.75 Å². The van der Waals surface area contributed by atoms with E-state index in [1.807, 2.05) is 32.9 Å². The van der Waals surface area contributed by atoms with E-state index in [9.17, 15) is 16.8 Å². The number of benzene rings is 2. The molecule has 0 saturated carbocycles. The monoisotopic (exact) mass is 569 g/mol. The highest BCUT2D eigenvalue weighted by molar-refractivity contribution is 7.89. The summed E-state index contributed by atoms with van der Waals surface area (Å²) < 4.78 is 63.2. The third-order valence-electron chi connectivity index (χ3n) is 6.57. The number of aromatic nitrogens is 1. The maximum Gasteiger partial charge on any atom is 0.243 e. The standard InChI is InChI=1S/C29H35N3O5S2/c1-5-37-27-18-25-14-16-31(38(33,34)28-10-6-22(2)7-11-28)20-24(4)21-32(17-15-26(19-27)30-25)39(35,36)29-12-8-23(3)9-13-29/h6-13,18-19H,4-5,14-17,20-21H2,1-3H3. The van der Waals surface area contributed by atoms with E-state index in [1.165, 1.54) is 8.61 Å². The van der Waals surface area contributed by atoms with Gasteiger partial charge in [0.2, 0.25) is 20.0 Å². The Kier molecular flexibility index (Phi) is 8.90. The summed E-state index contributed by atoms with van der Waals surface area (Å²) in [4.78, 5) is 5.07. The zero-order valence-electron chi connectivity index (χ0n) is 22.6. The molecule has 0 unspecified atom stereocenters. The van der Waals surface area contributed by atoms with Crippen molar-refractivity contribution in [2.75, 3.05) is 32.8 Å². The minimum atomic E-state index is -3.88. The van der Waals surface area contributed by atoms with Crippen LogP contribution in [0.4, 0.5) is 0 Å².